The molecule has 0 saturated heterocycles. The van der Waals surface area contributed by atoms with Gasteiger partial charge in [-0.2, -0.15) is 0 Å². The highest BCUT2D eigenvalue weighted by molar-refractivity contribution is 5.91. The van der Waals surface area contributed by atoms with Crippen molar-refractivity contribution in [1.29, 1.82) is 0 Å². The zero-order valence-corrected chi connectivity index (χ0v) is 14.1. The Kier molecular flexibility index (Phi) is 3.56. The SMILES string of the molecule is C[C@]1(CCO)[C@H](O)CC[C@]2(C)[C@@H]1CC[C@@]1(O)C(=O)CC[C@]12C. The number of fused-ring (bicyclic) bond motifs is 3. The van der Waals surface area contributed by atoms with Crippen LogP contribution in [0.25, 0.3) is 0 Å². The van der Waals surface area contributed by atoms with Crippen LogP contribution in [0.4, 0.5) is 0 Å². The molecule has 3 rings (SSSR count). The summed E-state index contributed by atoms with van der Waals surface area (Å²) < 4.78 is 0. The van der Waals surface area contributed by atoms with Gasteiger partial charge in [0.25, 0.3) is 0 Å². The highest BCUT2D eigenvalue weighted by atomic mass is 16.3. The number of rotatable bonds is 2. The Hall–Kier alpha value is -0.450. The first-order chi connectivity index (χ1) is 10.2. The minimum absolute atomic E-state index is 0.00431. The molecule has 0 aromatic heterocycles. The molecule has 22 heavy (non-hydrogen) atoms. The van der Waals surface area contributed by atoms with E-state index < -0.39 is 17.1 Å². The van der Waals surface area contributed by atoms with Crippen molar-refractivity contribution < 1.29 is 20.1 Å². The van der Waals surface area contributed by atoms with Crippen LogP contribution in [0.5, 0.6) is 0 Å². The molecular formula is C18H30O4. The third kappa shape index (κ3) is 1.67. The summed E-state index contributed by atoms with van der Waals surface area (Å²) in [4.78, 5) is 12.4. The molecule has 3 aliphatic rings. The lowest BCUT2D eigenvalue weighted by molar-refractivity contribution is -0.234. The third-order valence-corrected chi connectivity index (χ3v) is 8.20. The topological polar surface area (TPSA) is 77.8 Å². The van der Waals surface area contributed by atoms with E-state index in [4.69, 9.17) is 0 Å². The molecule has 4 nitrogen and oxygen atoms in total. The van der Waals surface area contributed by atoms with Crippen LogP contribution < -0.4 is 0 Å². The molecule has 0 amide bonds. The normalized spacial score (nSPS) is 54.9. The van der Waals surface area contributed by atoms with Crippen LogP contribution in [0.3, 0.4) is 0 Å². The molecule has 3 aliphatic carbocycles. The van der Waals surface area contributed by atoms with Crippen molar-refractivity contribution in [2.75, 3.05) is 6.61 Å². The molecule has 0 aliphatic heterocycles. The molecule has 6 atom stereocenters. The molecule has 126 valence electrons. The average Bonchev–Trinajstić information content (AvgIpc) is 2.70. The van der Waals surface area contributed by atoms with Crippen LogP contribution in [0.2, 0.25) is 0 Å². The maximum atomic E-state index is 12.4. The lowest BCUT2D eigenvalue weighted by Gasteiger charge is -2.66. The molecule has 3 fully saturated rings. The molecule has 3 N–H and O–H groups in total. The van der Waals surface area contributed by atoms with Crippen molar-refractivity contribution >= 4 is 5.78 Å². The van der Waals surface area contributed by atoms with Gasteiger partial charge in [0.05, 0.1) is 6.10 Å². The van der Waals surface area contributed by atoms with Crippen molar-refractivity contribution in [3.05, 3.63) is 0 Å². The van der Waals surface area contributed by atoms with E-state index in [0.717, 1.165) is 19.3 Å². The van der Waals surface area contributed by atoms with Crippen LogP contribution in [-0.2, 0) is 4.79 Å². The standard InChI is InChI=1S/C18H30O4/c1-15(10-11-19)12-4-9-18(22)14(21)6-8-17(18,3)16(12,2)7-5-13(15)20/h12-13,19-20,22H,4-11H2,1-3H3/t12-,13-,15-,16-,17+,18-/m1/s1. The Morgan fingerprint density at radius 3 is 2.45 bits per heavy atom. The van der Waals surface area contributed by atoms with Gasteiger partial charge in [-0.1, -0.05) is 20.8 Å². The fraction of sp³-hybridized carbons (Fsp3) is 0.944. The molecule has 0 spiro atoms. The molecule has 4 heteroatoms. The van der Waals surface area contributed by atoms with Gasteiger partial charge in [0.2, 0.25) is 0 Å². The summed E-state index contributed by atoms with van der Waals surface area (Å²) in [5.41, 5.74) is -2.12. The van der Waals surface area contributed by atoms with Crippen LogP contribution in [0, 0.1) is 22.2 Å². The second kappa shape index (κ2) is 4.78. The zero-order valence-electron chi connectivity index (χ0n) is 14.1. The number of carbonyl (C=O) groups is 1. The quantitative estimate of drug-likeness (QED) is 0.729. The van der Waals surface area contributed by atoms with E-state index in [2.05, 4.69) is 20.8 Å². The Labute approximate surface area is 132 Å². The summed E-state index contributed by atoms with van der Waals surface area (Å²) in [5, 5.41) is 31.3. The number of aliphatic hydroxyl groups excluding tert-OH is 2. The summed E-state index contributed by atoms with van der Waals surface area (Å²) in [6, 6.07) is 0. The van der Waals surface area contributed by atoms with Crippen molar-refractivity contribution in [2.24, 2.45) is 22.2 Å². The summed E-state index contributed by atoms with van der Waals surface area (Å²) in [7, 11) is 0. The van der Waals surface area contributed by atoms with E-state index >= 15 is 0 Å². The molecule has 0 heterocycles. The molecular weight excluding hydrogens is 280 g/mol. The monoisotopic (exact) mass is 310 g/mol. The number of hydrogen-bond donors (Lipinski definition) is 3. The first-order valence-electron chi connectivity index (χ1n) is 8.70. The van der Waals surface area contributed by atoms with E-state index in [1.165, 1.54) is 0 Å². The maximum absolute atomic E-state index is 12.4. The highest BCUT2D eigenvalue weighted by Gasteiger charge is 2.71. The van der Waals surface area contributed by atoms with Gasteiger partial charge in [0, 0.05) is 18.4 Å². The number of carbonyl (C=O) groups excluding carboxylic acids is 1. The predicted molar refractivity (Wildman–Crippen MR) is 83.2 cm³/mol. The predicted octanol–water partition coefficient (Wildman–Crippen LogP) is 2.05. The second-order valence-electron chi connectivity index (χ2n) is 8.66. The number of Topliss-reactive ketones (excluding diaryl/α,β-unsaturated/α-hetero) is 1. The van der Waals surface area contributed by atoms with Crippen molar-refractivity contribution in [3.63, 3.8) is 0 Å². The Balaban J connectivity index is 2.08. The van der Waals surface area contributed by atoms with Crippen molar-refractivity contribution in [2.45, 2.75) is 77.4 Å². The number of ketones is 1. The summed E-state index contributed by atoms with van der Waals surface area (Å²) in [6.45, 7) is 6.45. The first kappa shape index (κ1) is 16.4. The van der Waals surface area contributed by atoms with Gasteiger partial charge in [-0.3, -0.25) is 4.79 Å². The molecule has 0 bridgehead atoms. The Morgan fingerprint density at radius 1 is 1.14 bits per heavy atom. The van der Waals surface area contributed by atoms with Gasteiger partial charge in [-0.15, -0.1) is 0 Å². The van der Waals surface area contributed by atoms with Gasteiger partial charge in [0.1, 0.15) is 5.60 Å². The lowest BCUT2D eigenvalue weighted by Crippen LogP contribution is -2.66. The van der Waals surface area contributed by atoms with Crippen LogP contribution in [0.1, 0.15) is 65.7 Å². The fourth-order valence-corrected chi connectivity index (χ4v) is 6.40. The van der Waals surface area contributed by atoms with E-state index in [1.807, 2.05) is 0 Å². The number of aliphatic hydroxyl groups is 3. The van der Waals surface area contributed by atoms with Gasteiger partial charge in [0.15, 0.2) is 5.78 Å². The smallest absolute Gasteiger partial charge is 0.164 e. The van der Waals surface area contributed by atoms with Crippen LogP contribution in [-0.4, -0.2) is 39.4 Å². The van der Waals surface area contributed by atoms with Crippen LogP contribution >= 0.6 is 0 Å². The summed E-state index contributed by atoms with van der Waals surface area (Å²) in [6.07, 6.45) is 4.14. The average molecular weight is 310 g/mol. The highest BCUT2D eigenvalue weighted by Crippen LogP contribution is 2.71. The van der Waals surface area contributed by atoms with E-state index in [1.54, 1.807) is 0 Å². The van der Waals surface area contributed by atoms with Gasteiger partial charge < -0.3 is 15.3 Å². The van der Waals surface area contributed by atoms with Gasteiger partial charge in [-0.25, -0.2) is 0 Å². The van der Waals surface area contributed by atoms with Crippen LogP contribution in [0.15, 0.2) is 0 Å². The fourth-order valence-electron chi connectivity index (χ4n) is 6.40. The minimum Gasteiger partial charge on any atom is -0.396 e. The van der Waals surface area contributed by atoms with E-state index in [0.29, 0.717) is 25.7 Å². The first-order valence-corrected chi connectivity index (χ1v) is 8.70. The summed E-state index contributed by atoms with van der Waals surface area (Å²) >= 11 is 0. The third-order valence-electron chi connectivity index (χ3n) is 8.20. The van der Waals surface area contributed by atoms with Crippen molar-refractivity contribution in [1.82, 2.24) is 0 Å². The molecule has 3 saturated carbocycles. The summed E-state index contributed by atoms with van der Waals surface area (Å²) in [5.74, 6) is 0.233. The van der Waals surface area contributed by atoms with Gasteiger partial charge in [-0.05, 0) is 55.3 Å². The molecule has 0 unspecified atom stereocenters. The largest absolute Gasteiger partial charge is 0.396 e. The lowest BCUT2D eigenvalue weighted by atomic mass is 9.39. The molecule has 0 radical (unpaired) electrons. The van der Waals surface area contributed by atoms with E-state index in [9.17, 15) is 20.1 Å². The minimum atomic E-state index is -1.19. The Bertz CT molecular complexity index is 491. The molecule has 0 aromatic rings. The zero-order chi connectivity index (χ0) is 16.4. The van der Waals surface area contributed by atoms with Gasteiger partial charge >= 0.3 is 0 Å². The maximum Gasteiger partial charge on any atom is 0.164 e. The van der Waals surface area contributed by atoms with E-state index in [-0.39, 0.29) is 29.1 Å². The molecule has 0 aromatic carbocycles. The second-order valence-corrected chi connectivity index (χ2v) is 8.66. The Morgan fingerprint density at radius 2 is 1.82 bits per heavy atom. The van der Waals surface area contributed by atoms with Crippen molar-refractivity contribution in [3.8, 4) is 0 Å². The number of hydrogen-bond acceptors (Lipinski definition) is 4.